The second-order valence-corrected chi connectivity index (χ2v) is 7.42. The first-order valence-corrected chi connectivity index (χ1v) is 9.50. The number of hydrogen-bond acceptors (Lipinski definition) is 5. The normalized spacial score (nSPS) is 20.2. The van der Waals surface area contributed by atoms with Crippen molar-refractivity contribution in [3.8, 4) is 0 Å². The minimum Gasteiger partial charge on any atom is -0.341 e. The van der Waals surface area contributed by atoms with Gasteiger partial charge >= 0.3 is 0 Å². The van der Waals surface area contributed by atoms with E-state index in [4.69, 9.17) is 0 Å². The predicted molar refractivity (Wildman–Crippen MR) is 94.8 cm³/mol. The summed E-state index contributed by atoms with van der Waals surface area (Å²) in [4.78, 5) is 12.0. The number of anilines is 1. The van der Waals surface area contributed by atoms with Crippen molar-refractivity contribution in [1.82, 2.24) is 15.3 Å². The second kappa shape index (κ2) is 7.07. The SMILES string of the molecule is Fc1cccc2c1SCCC2NCc1cnc(N2CCCC2)nc1. The maximum Gasteiger partial charge on any atom is 0.225 e. The number of thioether (sulfide) groups is 1. The monoisotopic (exact) mass is 344 g/mol. The highest BCUT2D eigenvalue weighted by molar-refractivity contribution is 7.99. The van der Waals surface area contributed by atoms with Gasteiger partial charge in [-0.25, -0.2) is 14.4 Å². The van der Waals surface area contributed by atoms with Gasteiger partial charge in [0.15, 0.2) is 0 Å². The molecule has 0 bridgehead atoms. The average Bonchev–Trinajstić information content (AvgIpc) is 3.15. The first-order valence-electron chi connectivity index (χ1n) is 8.52. The first kappa shape index (κ1) is 15.8. The van der Waals surface area contributed by atoms with Gasteiger partial charge in [0.1, 0.15) is 5.82 Å². The molecule has 0 spiro atoms. The smallest absolute Gasteiger partial charge is 0.225 e. The average molecular weight is 344 g/mol. The van der Waals surface area contributed by atoms with Crippen molar-refractivity contribution in [3.05, 3.63) is 47.5 Å². The van der Waals surface area contributed by atoms with Crippen molar-refractivity contribution in [3.63, 3.8) is 0 Å². The van der Waals surface area contributed by atoms with Crippen LogP contribution in [0.15, 0.2) is 35.5 Å². The molecule has 1 saturated heterocycles. The standard InChI is InChI=1S/C18H21FN4S/c19-15-5-3-4-14-16(6-9-24-17(14)15)20-10-13-11-21-18(22-12-13)23-7-1-2-8-23/h3-5,11-12,16,20H,1-2,6-10H2. The highest BCUT2D eigenvalue weighted by Gasteiger charge is 2.22. The van der Waals surface area contributed by atoms with Crippen LogP contribution in [0, 0.1) is 5.82 Å². The van der Waals surface area contributed by atoms with Gasteiger partial charge in [-0.2, -0.15) is 0 Å². The lowest BCUT2D eigenvalue weighted by atomic mass is 10.0. The van der Waals surface area contributed by atoms with Gasteiger partial charge in [-0.15, -0.1) is 11.8 Å². The first-order chi connectivity index (χ1) is 11.8. The molecule has 1 aromatic carbocycles. The Balaban J connectivity index is 1.41. The van der Waals surface area contributed by atoms with Gasteiger partial charge in [-0.3, -0.25) is 0 Å². The lowest BCUT2D eigenvalue weighted by Gasteiger charge is -2.26. The van der Waals surface area contributed by atoms with Crippen molar-refractivity contribution < 1.29 is 4.39 Å². The molecular weight excluding hydrogens is 323 g/mol. The van der Waals surface area contributed by atoms with Crippen LogP contribution in [0.25, 0.3) is 0 Å². The van der Waals surface area contributed by atoms with E-state index in [0.717, 1.165) is 47.2 Å². The van der Waals surface area contributed by atoms with Crippen molar-refractivity contribution in [1.29, 1.82) is 0 Å². The Morgan fingerprint density at radius 2 is 2.00 bits per heavy atom. The maximum absolute atomic E-state index is 13.9. The summed E-state index contributed by atoms with van der Waals surface area (Å²) in [5.74, 6) is 1.66. The van der Waals surface area contributed by atoms with Gasteiger partial charge in [-0.1, -0.05) is 12.1 Å². The maximum atomic E-state index is 13.9. The topological polar surface area (TPSA) is 41.1 Å². The summed E-state index contributed by atoms with van der Waals surface area (Å²) < 4.78 is 13.9. The Kier molecular flexibility index (Phi) is 4.67. The Labute approximate surface area is 145 Å². The fraction of sp³-hybridized carbons (Fsp3) is 0.444. The van der Waals surface area contributed by atoms with E-state index in [1.807, 2.05) is 18.5 Å². The van der Waals surface area contributed by atoms with Gasteiger partial charge in [0, 0.05) is 48.5 Å². The van der Waals surface area contributed by atoms with E-state index in [-0.39, 0.29) is 11.9 Å². The zero-order valence-corrected chi connectivity index (χ0v) is 14.4. The molecule has 0 amide bonds. The molecule has 126 valence electrons. The van der Waals surface area contributed by atoms with Gasteiger partial charge in [0.25, 0.3) is 0 Å². The van der Waals surface area contributed by atoms with E-state index < -0.39 is 0 Å². The summed E-state index contributed by atoms with van der Waals surface area (Å²) >= 11 is 1.61. The molecule has 1 unspecified atom stereocenters. The van der Waals surface area contributed by atoms with E-state index >= 15 is 0 Å². The molecule has 24 heavy (non-hydrogen) atoms. The summed E-state index contributed by atoms with van der Waals surface area (Å²) in [5, 5.41) is 3.54. The molecule has 2 aliphatic heterocycles. The molecule has 2 aromatic rings. The fourth-order valence-electron chi connectivity index (χ4n) is 3.36. The number of nitrogens with one attached hydrogen (secondary N) is 1. The van der Waals surface area contributed by atoms with Gasteiger partial charge < -0.3 is 10.2 Å². The van der Waals surface area contributed by atoms with E-state index in [0.29, 0.717) is 6.54 Å². The summed E-state index contributed by atoms with van der Waals surface area (Å²) in [6, 6.07) is 5.55. The van der Waals surface area contributed by atoms with Crippen LogP contribution in [0.3, 0.4) is 0 Å². The van der Waals surface area contributed by atoms with Crippen LogP contribution >= 0.6 is 11.8 Å². The van der Waals surface area contributed by atoms with Crippen molar-refractivity contribution in [2.75, 3.05) is 23.7 Å². The Morgan fingerprint density at radius 1 is 1.21 bits per heavy atom. The van der Waals surface area contributed by atoms with Crippen LogP contribution in [0.2, 0.25) is 0 Å². The van der Waals surface area contributed by atoms with Gasteiger partial charge in [0.05, 0.1) is 0 Å². The minimum absolute atomic E-state index is 0.109. The predicted octanol–water partition coefficient (Wildman–Crippen LogP) is 3.54. The van der Waals surface area contributed by atoms with Crippen LogP contribution in [-0.4, -0.2) is 28.8 Å². The number of rotatable bonds is 4. The third-order valence-electron chi connectivity index (χ3n) is 4.66. The van der Waals surface area contributed by atoms with Crippen LogP contribution in [0.1, 0.15) is 36.4 Å². The highest BCUT2D eigenvalue weighted by Crippen LogP contribution is 2.37. The molecule has 1 aromatic heterocycles. The van der Waals surface area contributed by atoms with Crippen LogP contribution in [-0.2, 0) is 6.54 Å². The minimum atomic E-state index is -0.109. The Morgan fingerprint density at radius 3 is 2.79 bits per heavy atom. The summed E-state index contributed by atoms with van der Waals surface area (Å²) in [6.07, 6.45) is 7.26. The molecule has 3 heterocycles. The van der Waals surface area contributed by atoms with Crippen LogP contribution in [0.4, 0.5) is 10.3 Å². The molecule has 0 saturated carbocycles. The van der Waals surface area contributed by atoms with Crippen LogP contribution < -0.4 is 10.2 Å². The van der Waals surface area contributed by atoms with Gasteiger partial charge in [-0.05, 0) is 36.6 Å². The fourth-order valence-corrected chi connectivity index (χ4v) is 4.50. The van der Waals surface area contributed by atoms with Gasteiger partial charge in [0.2, 0.25) is 5.95 Å². The lowest BCUT2D eigenvalue weighted by Crippen LogP contribution is -2.25. The number of nitrogens with zero attached hydrogens (tertiary/aromatic N) is 3. The van der Waals surface area contributed by atoms with E-state index in [1.165, 1.54) is 12.8 Å². The van der Waals surface area contributed by atoms with E-state index in [1.54, 1.807) is 23.9 Å². The zero-order chi connectivity index (χ0) is 16.4. The summed E-state index contributed by atoms with van der Waals surface area (Å²) in [5.41, 5.74) is 2.13. The number of aromatic nitrogens is 2. The third-order valence-corrected chi connectivity index (χ3v) is 5.82. The number of hydrogen-bond donors (Lipinski definition) is 1. The highest BCUT2D eigenvalue weighted by atomic mass is 32.2. The molecule has 4 nitrogen and oxygen atoms in total. The summed E-state index contributed by atoms with van der Waals surface area (Å²) in [6.45, 7) is 2.81. The van der Waals surface area contributed by atoms with Crippen LogP contribution in [0.5, 0.6) is 0 Å². The lowest BCUT2D eigenvalue weighted by molar-refractivity contribution is 0.495. The van der Waals surface area contributed by atoms with Crippen molar-refractivity contribution in [2.24, 2.45) is 0 Å². The Bertz CT molecular complexity index is 701. The van der Waals surface area contributed by atoms with Crippen molar-refractivity contribution in [2.45, 2.75) is 36.7 Å². The molecule has 2 aliphatic rings. The molecule has 1 N–H and O–H groups in total. The second-order valence-electron chi connectivity index (χ2n) is 6.31. The number of halogens is 1. The molecule has 1 atom stereocenters. The quantitative estimate of drug-likeness (QED) is 0.919. The van der Waals surface area contributed by atoms with E-state index in [2.05, 4.69) is 20.2 Å². The molecule has 1 fully saturated rings. The molecular formula is C18H21FN4S. The zero-order valence-electron chi connectivity index (χ0n) is 13.5. The Hall–Kier alpha value is -1.66. The number of fused-ring (bicyclic) bond motifs is 1. The third kappa shape index (κ3) is 3.26. The largest absolute Gasteiger partial charge is 0.341 e. The number of benzene rings is 1. The molecule has 4 rings (SSSR count). The molecule has 0 radical (unpaired) electrons. The van der Waals surface area contributed by atoms with Crippen molar-refractivity contribution >= 4 is 17.7 Å². The van der Waals surface area contributed by atoms with E-state index in [9.17, 15) is 4.39 Å². The summed E-state index contributed by atoms with van der Waals surface area (Å²) in [7, 11) is 0. The molecule has 0 aliphatic carbocycles. The molecule has 6 heteroatoms.